The number of anilines is 1. The quantitative estimate of drug-likeness (QED) is 0.588. The maximum absolute atomic E-state index is 12.8. The monoisotopic (exact) mass is 196 g/mol. The molecule has 0 aromatic heterocycles. The van der Waals surface area contributed by atoms with Crippen LogP contribution in [0.25, 0.3) is 0 Å². The Morgan fingerprint density at radius 2 is 2.29 bits per heavy atom. The lowest BCUT2D eigenvalue weighted by atomic mass is 9.94. The molecule has 4 N–H and O–H groups in total. The van der Waals surface area contributed by atoms with Crippen molar-refractivity contribution in [2.24, 2.45) is 5.73 Å². The van der Waals surface area contributed by atoms with E-state index >= 15 is 0 Å². The fraction of sp³-hybridized carbons (Fsp3) is 0.222. The molecule has 1 atom stereocenters. The molecule has 0 spiro atoms. The summed E-state index contributed by atoms with van der Waals surface area (Å²) in [6.45, 7) is -0.503. The first-order valence-electron chi connectivity index (χ1n) is 4.09. The number of hydrogen-bond acceptors (Lipinski definition) is 3. The lowest BCUT2D eigenvalue weighted by Crippen LogP contribution is -2.46. The number of nitrogens with one attached hydrogen (secondary N) is 1. The maximum atomic E-state index is 12.8. The molecule has 14 heavy (non-hydrogen) atoms. The number of rotatable bonds is 1. The largest absolute Gasteiger partial charge is 0.394 e. The number of amides is 1. The molecule has 0 saturated carbocycles. The standard InChI is InChI=1S/C9H9FN2O2/c10-5-1-2-6-7(3-5)12-8(14)9(6,11)4-13/h1-3,13H,4,11H2,(H,12,14)/t9-/m0/s1. The molecule has 0 radical (unpaired) electrons. The molecule has 2 rings (SSSR count). The Hall–Kier alpha value is -1.46. The molecule has 1 aromatic rings. The summed E-state index contributed by atoms with van der Waals surface area (Å²) in [6.07, 6.45) is 0. The number of nitrogens with two attached hydrogens (primary N) is 1. The number of aliphatic hydroxyl groups is 1. The second kappa shape index (κ2) is 2.76. The predicted molar refractivity (Wildman–Crippen MR) is 48.0 cm³/mol. The van der Waals surface area contributed by atoms with Crippen molar-refractivity contribution in [3.05, 3.63) is 29.6 Å². The minimum atomic E-state index is -1.44. The lowest BCUT2D eigenvalue weighted by molar-refractivity contribution is -0.122. The minimum absolute atomic E-state index is 0.326. The average Bonchev–Trinajstić information content (AvgIpc) is 2.39. The zero-order valence-corrected chi connectivity index (χ0v) is 7.25. The molecule has 1 heterocycles. The summed E-state index contributed by atoms with van der Waals surface area (Å²) in [7, 11) is 0. The molecule has 1 aromatic carbocycles. The summed E-state index contributed by atoms with van der Waals surface area (Å²) in [5.74, 6) is -0.966. The van der Waals surface area contributed by atoms with E-state index < -0.39 is 23.9 Å². The van der Waals surface area contributed by atoms with Gasteiger partial charge < -0.3 is 16.2 Å². The number of carbonyl (C=O) groups is 1. The van der Waals surface area contributed by atoms with Gasteiger partial charge in [-0.05, 0) is 12.1 Å². The van der Waals surface area contributed by atoms with E-state index in [1.165, 1.54) is 18.2 Å². The van der Waals surface area contributed by atoms with E-state index in [1.54, 1.807) is 0 Å². The fourth-order valence-corrected chi connectivity index (χ4v) is 1.52. The van der Waals surface area contributed by atoms with Crippen LogP contribution in [0.2, 0.25) is 0 Å². The van der Waals surface area contributed by atoms with Crippen molar-refractivity contribution in [2.45, 2.75) is 5.54 Å². The number of hydrogen-bond donors (Lipinski definition) is 3. The van der Waals surface area contributed by atoms with E-state index in [0.717, 1.165) is 0 Å². The maximum Gasteiger partial charge on any atom is 0.251 e. The topological polar surface area (TPSA) is 75.3 Å². The van der Waals surface area contributed by atoms with Crippen molar-refractivity contribution in [3.63, 3.8) is 0 Å². The number of carbonyl (C=O) groups excluding carboxylic acids is 1. The molecule has 0 saturated heterocycles. The fourth-order valence-electron chi connectivity index (χ4n) is 1.52. The van der Waals surface area contributed by atoms with Crippen LogP contribution in [0, 0.1) is 5.82 Å². The molecule has 0 bridgehead atoms. The number of halogens is 1. The highest BCUT2D eigenvalue weighted by molar-refractivity contribution is 6.05. The summed E-state index contributed by atoms with van der Waals surface area (Å²) >= 11 is 0. The highest BCUT2D eigenvalue weighted by Gasteiger charge is 2.43. The van der Waals surface area contributed by atoms with E-state index in [9.17, 15) is 9.18 Å². The van der Waals surface area contributed by atoms with Gasteiger partial charge in [0.15, 0.2) is 0 Å². The van der Waals surface area contributed by atoms with Crippen LogP contribution in [0.3, 0.4) is 0 Å². The summed E-state index contributed by atoms with van der Waals surface area (Å²) in [5.41, 5.74) is 4.99. The van der Waals surface area contributed by atoms with E-state index in [-0.39, 0.29) is 0 Å². The van der Waals surface area contributed by atoms with Gasteiger partial charge in [-0.3, -0.25) is 4.79 Å². The second-order valence-corrected chi connectivity index (χ2v) is 3.27. The van der Waals surface area contributed by atoms with Crippen LogP contribution >= 0.6 is 0 Å². The van der Waals surface area contributed by atoms with Crippen molar-refractivity contribution in [1.82, 2.24) is 0 Å². The molecule has 0 unspecified atom stereocenters. The first-order valence-corrected chi connectivity index (χ1v) is 4.09. The first kappa shape index (κ1) is 9.11. The van der Waals surface area contributed by atoms with Gasteiger partial charge in [-0.2, -0.15) is 0 Å². The van der Waals surface area contributed by atoms with Gasteiger partial charge in [0.05, 0.1) is 6.61 Å². The van der Waals surface area contributed by atoms with Crippen molar-refractivity contribution in [1.29, 1.82) is 0 Å². The molecule has 74 valence electrons. The molecular weight excluding hydrogens is 187 g/mol. The molecule has 1 amide bonds. The third-order valence-electron chi connectivity index (χ3n) is 2.37. The molecule has 1 aliphatic rings. The summed E-state index contributed by atoms with van der Waals surface area (Å²) in [6, 6.07) is 3.78. The van der Waals surface area contributed by atoms with Gasteiger partial charge in [-0.1, -0.05) is 6.07 Å². The van der Waals surface area contributed by atoms with E-state index in [2.05, 4.69) is 5.32 Å². The van der Waals surface area contributed by atoms with Crippen molar-refractivity contribution < 1.29 is 14.3 Å². The molecule has 0 fully saturated rings. The van der Waals surface area contributed by atoms with Crippen LogP contribution in [0.4, 0.5) is 10.1 Å². The van der Waals surface area contributed by atoms with E-state index in [0.29, 0.717) is 11.3 Å². The molecular formula is C9H9FN2O2. The van der Waals surface area contributed by atoms with Crippen molar-refractivity contribution in [2.75, 3.05) is 11.9 Å². The van der Waals surface area contributed by atoms with Gasteiger partial charge in [0, 0.05) is 11.3 Å². The first-order chi connectivity index (χ1) is 6.58. The normalized spacial score (nSPS) is 24.6. The summed E-state index contributed by atoms with van der Waals surface area (Å²) in [4.78, 5) is 11.4. The highest BCUT2D eigenvalue weighted by Crippen LogP contribution is 2.33. The van der Waals surface area contributed by atoms with Crippen molar-refractivity contribution >= 4 is 11.6 Å². The Bertz CT molecular complexity index is 408. The SMILES string of the molecule is N[C@]1(CO)C(=O)Nc2cc(F)ccc21. The smallest absolute Gasteiger partial charge is 0.251 e. The zero-order chi connectivity index (χ0) is 10.3. The number of fused-ring (bicyclic) bond motifs is 1. The molecule has 1 aliphatic heterocycles. The van der Waals surface area contributed by atoms with Gasteiger partial charge >= 0.3 is 0 Å². The molecule has 0 aliphatic carbocycles. The van der Waals surface area contributed by atoms with Crippen LogP contribution in [0.1, 0.15) is 5.56 Å². The minimum Gasteiger partial charge on any atom is -0.394 e. The molecule has 5 heteroatoms. The van der Waals surface area contributed by atoms with Gasteiger partial charge in [0.2, 0.25) is 0 Å². The average molecular weight is 196 g/mol. The van der Waals surface area contributed by atoms with Crippen LogP contribution in [0.15, 0.2) is 18.2 Å². The third-order valence-corrected chi connectivity index (χ3v) is 2.37. The van der Waals surface area contributed by atoms with Crippen LogP contribution in [-0.2, 0) is 10.3 Å². The van der Waals surface area contributed by atoms with Gasteiger partial charge in [0.25, 0.3) is 5.91 Å². The van der Waals surface area contributed by atoms with E-state index in [1.807, 2.05) is 0 Å². The number of aliphatic hydroxyl groups excluding tert-OH is 1. The van der Waals surface area contributed by atoms with Gasteiger partial charge in [-0.25, -0.2) is 4.39 Å². The zero-order valence-electron chi connectivity index (χ0n) is 7.25. The summed E-state index contributed by atoms with van der Waals surface area (Å²) < 4.78 is 12.8. The lowest BCUT2D eigenvalue weighted by Gasteiger charge is -2.18. The Morgan fingerprint density at radius 1 is 1.57 bits per heavy atom. The Labute approximate surface area is 79.5 Å². The van der Waals surface area contributed by atoms with Gasteiger partial charge in [-0.15, -0.1) is 0 Å². The Morgan fingerprint density at radius 3 is 2.93 bits per heavy atom. The van der Waals surface area contributed by atoms with Gasteiger partial charge in [0.1, 0.15) is 11.4 Å². The predicted octanol–water partition coefficient (Wildman–Crippen LogP) is -0.0759. The van der Waals surface area contributed by atoms with Crippen molar-refractivity contribution in [3.8, 4) is 0 Å². The molecule has 4 nitrogen and oxygen atoms in total. The second-order valence-electron chi connectivity index (χ2n) is 3.27. The van der Waals surface area contributed by atoms with E-state index in [4.69, 9.17) is 10.8 Å². The van der Waals surface area contributed by atoms with Crippen LogP contribution in [-0.4, -0.2) is 17.6 Å². The summed E-state index contributed by atoms with van der Waals surface area (Å²) in [5, 5.41) is 11.4. The van der Waals surface area contributed by atoms with Crippen LogP contribution in [0.5, 0.6) is 0 Å². The number of benzene rings is 1. The third kappa shape index (κ3) is 1.03. The Balaban J connectivity index is 2.59. The Kier molecular flexibility index (Phi) is 1.80. The van der Waals surface area contributed by atoms with Crippen LogP contribution < -0.4 is 11.1 Å². The highest BCUT2D eigenvalue weighted by atomic mass is 19.1.